The van der Waals surface area contributed by atoms with Gasteiger partial charge in [0, 0.05) is 5.39 Å². The average Bonchev–Trinajstić information content (AvgIpc) is 2.19. The summed E-state index contributed by atoms with van der Waals surface area (Å²) in [5.41, 5.74) is 1.50. The number of aryl methyl sites for hydroxylation is 1. The molecular formula is C11H11NO2. The van der Waals surface area contributed by atoms with E-state index in [1.807, 2.05) is 18.2 Å². The molecule has 0 fully saturated rings. The van der Waals surface area contributed by atoms with Crippen molar-refractivity contribution in [3.8, 4) is 11.5 Å². The zero-order valence-electron chi connectivity index (χ0n) is 8.11. The number of pyridine rings is 1. The minimum atomic E-state index is 0.214. The molecule has 0 radical (unpaired) electrons. The highest BCUT2D eigenvalue weighted by molar-refractivity contribution is 5.81. The minimum absolute atomic E-state index is 0.214. The number of fused-ring (bicyclic) bond motifs is 1. The van der Waals surface area contributed by atoms with Gasteiger partial charge < -0.3 is 9.84 Å². The van der Waals surface area contributed by atoms with E-state index in [4.69, 9.17) is 4.74 Å². The fourth-order valence-corrected chi connectivity index (χ4v) is 1.37. The van der Waals surface area contributed by atoms with Gasteiger partial charge in [-0.05, 0) is 31.2 Å². The van der Waals surface area contributed by atoms with E-state index in [-0.39, 0.29) is 5.75 Å². The third-order valence-corrected chi connectivity index (χ3v) is 2.19. The maximum absolute atomic E-state index is 9.48. The number of hydrogen-bond donors (Lipinski definition) is 1. The zero-order chi connectivity index (χ0) is 10.1. The summed E-state index contributed by atoms with van der Waals surface area (Å²) in [5.74, 6) is 0.980. The fourth-order valence-electron chi connectivity index (χ4n) is 1.37. The van der Waals surface area contributed by atoms with Crippen molar-refractivity contribution >= 4 is 10.9 Å². The van der Waals surface area contributed by atoms with Gasteiger partial charge in [0.25, 0.3) is 0 Å². The number of nitrogens with zero attached hydrogens (tertiary/aromatic N) is 1. The Balaban J connectivity index is 2.70. The Morgan fingerprint density at radius 1 is 1.29 bits per heavy atom. The predicted molar refractivity (Wildman–Crippen MR) is 54.7 cm³/mol. The molecule has 3 nitrogen and oxygen atoms in total. The quantitative estimate of drug-likeness (QED) is 0.748. The van der Waals surface area contributed by atoms with Gasteiger partial charge in [0.1, 0.15) is 11.5 Å². The Kier molecular flexibility index (Phi) is 2.00. The Bertz CT molecular complexity index is 480. The SMILES string of the molecule is COc1ccc2nc(C)c(O)cc2c1. The smallest absolute Gasteiger partial charge is 0.137 e. The van der Waals surface area contributed by atoms with Crippen LogP contribution in [0, 0.1) is 6.92 Å². The van der Waals surface area contributed by atoms with Crippen LogP contribution in [0.5, 0.6) is 11.5 Å². The van der Waals surface area contributed by atoms with E-state index in [0.29, 0.717) is 5.69 Å². The normalized spacial score (nSPS) is 10.4. The van der Waals surface area contributed by atoms with E-state index >= 15 is 0 Å². The highest BCUT2D eigenvalue weighted by Gasteiger charge is 2.02. The molecule has 2 rings (SSSR count). The van der Waals surface area contributed by atoms with Crippen LogP contribution in [0.2, 0.25) is 0 Å². The van der Waals surface area contributed by atoms with Crippen molar-refractivity contribution in [3.63, 3.8) is 0 Å². The van der Waals surface area contributed by atoms with Gasteiger partial charge in [-0.1, -0.05) is 0 Å². The summed E-state index contributed by atoms with van der Waals surface area (Å²) in [7, 11) is 1.61. The molecule has 1 heterocycles. The van der Waals surface area contributed by atoms with Crippen molar-refractivity contribution < 1.29 is 9.84 Å². The van der Waals surface area contributed by atoms with Gasteiger partial charge in [0.2, 0.25) is 0 Å². The number of rotatable bonds is 1. The Morgan fingerprint density at radius 2 is 2.07 bits per heavy atom. The second-order valence-corrected chi connectivity index (χ2v) is 3.15. The largest absolute Gasteiger partial charge is 0.506 e. The van der Waals surface area contributed by atoms with Crippen LogP contribution in [-0.2, 0) is 0 Å². The molecule has 0 aliphatic carbocycles. The second-order valence-electron chi connectivity index (χ2n) is 3.15. The standard InChI is InChI=1S/C11H11NO2/c1-7-11(13)6-8-5-9(14-2)3-4-10(8)12-7/h3-6,13H,1-2H3. The van der Waals surface area contributed by atoms with Crippen LogP contribution < -0.4 is 4.74 Å². The van der Waals surface area contributed by atoms with Crippen molar-refractivity contribution in [3.05, 3.63) is 30.0 Å². The first-order valence-corrected chi connectivity index (χ1v) is 4.35. The summed E-state index contributed by atoms with van der Waals surface area (Å²) in [6.45, 7) is 1.78. The molecule has 1 aromatic heterocycles. The number of aromatic hydroxyl groups is 1. The van der Waals surface area contributed by atoms with Crippen LogP contribution in [0.15, 0.2) is 24.3 Å². The molecule has 1 N–H and O–H groups in total. The van der Waals surface area contributed by atoms with Crippen molar-refractivity contribution in [1.29, 1.82) is 0 Å². The Morgan fingerprint density at radius 3 is 2.79 bits per heavy atom. The lowest BCUT2D eigenvalue weighted by atomic mass is 10.2. The topological polar surface area (TPSA) is 42.4 Å². The highest BCUT2D eigenvalue weighted by atomic mass is 16.5. The lowest BCUT2D eigenvalue weighted by molar-refractivity contribution is 0.415. The van der Waals surface area contributed by atoms with Crippen LogP contribution >= 0.6 is 0 Å². The van der Waals surface area contributed by atoms with Crippen LogP contribution in [0.25, 0.3) is 10.9 Å². The molecule has 0 saturated carbocycles. The Hall–Kier alpha value is -1.77. The summed E-state index contributed by atoms with van der Waals surface area (Å²) in [5, 5.41) is 10.4. The van der Waals surface area contributed by atoms with Gasteiger partial charge in [-0.3, -0.25) is 0 Å². The maximum Gasteiger partial charge on any atom is 0.137 e. The third-order valence-electron chi connectivity index (χ3n) is 2.19. The van der Waals surface area contributed by atoms with Gasteiger partial charge in [-0.25, -0.2) is 4.98 Å². The van der Waals surface area contributed by atoms with E-state index in [9.17, 15) is 5.11 Å². The molecule has 0 aliphatic heterocycles. The van der Waals surface area contributed by atoms with Crippen molar-refractivity contribution in [2.24, 2.45) is 0 Å². The monoisotopic (exact) mass is 189 g/mol. The number of ether oxygens (including phenoxy) is 1. The molecule has 2 aromatic rings. The predicted octanol–water partition coefficient (Wildman–Crippen LogP) is 2.26. The van der Waals surface area contributed by atoms with Gasteiger partial charge >= 0.3 is 0 Å². The van der Waals surface area contributed by atoms with Crippen molar-refractivity contribution in [1.82, 2.24) is 4.98 Å². The number of hydrogen-bond acceptors (Lipinski definition) is 3. The van der Waals surface area contributed by atoms with E-state index < -0.39 is 0 Å². The molecule has 1 aromatic carbocycles. The highest BCUT2D eigenvalue weighted by Crippen LogP contribution is 2.24. The molecule has 14 heavy (non-hydrogen) atoms. The van der Waals surface area contributed by atoms with Gasteiger partial charge in [-0.15, -0.1) is 0 Å². The molecule has 0 unspecified atom stereocenters. The second kappa shape index (κ2) is 3.18. The first-order chi connectivity index (χ1) is 6.70. The molecule has 0 saturated heterocycles. The molecule has 3 heteroatoms. The van der Waals surface area contributed by atoms with Crippen LogP contribution in [0.1, 0.15) is 5.69 Å². The zero-order valence-corrected chi connectivity index (χ0v) is 8.11. The lowest BCUT2D eigenvalue weighted by Gasteiger charge is -2.04. The Labute approximate surface area is 82.0 Å². The van der Waals surface area contributed by atoms with E-state index in [1.54, 1.807) is 20.1 Å². The number of methoxy groups -OCH3 is 1. The maximum atomic E-state index is 9.48. The minimum Gasteiger partial charge on any atom is -0.506 e. The van der Waals surface area contributed by atoms with Gasteiger partial charge in [-0.2, -0.15) is 0 Å². The first-order valence-electron chi connectivity index (χ1n) is 4.35. The van der Waals surface area contributed by atoms with Crippen LogP contribution in [0.4, 0.5) is 0 Å². The van der Waals surface area contributed by atoms with Gasteiger partial charge in [0.15, 0.2) is 0 Å². The summed E-state index contributed by atoms with van der Waals surface area (Å²) >= 11 is 0. The molecule has 0 amide bonds. The molecule has 0 spiro atoms. The van der Waals surface area contributed by atoms with E-state index in [2.05, 4.69) is 4.98 Å². The average molecular weight is 189 g/mol. The molecule has 0 atom stereocenters. The summed E-state index contributed by atoms with van der Waals surface area (Å²) in [4.78, 5) is 4.25. The molecule has 0 bridgehead atoms. The van der Waals surface area contributed by atoms with Gasteiger partial charge in [0.05, 0.1) is 18.3 Å². The summed E-state index contributed by atoms with van der Waals surface area (Å²) in [6.07, 6.45) is 0. The molecule has 72 valence electrons. The summed E-state index contributed by atoms with van der Waals surface area (Å²) in [6, 6.07) is 7.27. The number of aromatic nitrogens is 1. The molecule has 0 aliphatic rings. The van der Waals surface area contributed by atoms with E-state index in [0.717, 1.165) is 16.7 Å². The van der Waals surface area contributed by atoms with Crippen LogP contribution in [0.3, 0.4) is 0 Å². The lowest BCUT2D eigenvalue weighted by Crippen LogP contribution is -1.86. The van der Waals surface area contributed by atoms with Crippen LogP contribution in [-0.4, -0.2) is 17.2 Å². The van der Waals surface area contributed by atoms with Crippen molar-refractivity contribution in [2.45, 2.75) is 6.92 Å². The van der Waals surface area contributed by atoms with Crippen molar-refractivity contribution in [2.75, 3.05) is 7.11 Å². The number of benzene rings is 1. The first kappa shape index (κ1) is 8.81. The molecular weight excluding hydrogens is 178 g/mol. The fraction of sp³-hybridized carbons (Fsp3) is 0.182. The third kappa shape index (κ3) is 1.37. The van der Waals surface area contributed by atoms with E-state index in [1.165, 1.54) is 0 Å². The summed E-state index contributed by atoms with van der Waals surface area (Å²) < 4.78 is 5.08.